The smallest absolute Gasteiger partial charge is 0.316 e. The Hall–Kier alpha value is -2.43. The molecule has 0 atom stereocenters. The van der Waals surface area contributed by atoms with Crippen molar-refractivity contribution in [3.63, 3.8) is 0 Å². The van der Waals surface area contributed by atoms with E-state index in [1.807, 2.05) is 24.3 Å². The molecule has 0 saturated carbocycles. The number of primary amides is 1. The molecule has 5 nitrogen and oxygen atoms in total. The van der Waals surface area contributed by atoms with E-state index in [1.165, 1.54) is 5.56 Å². The Kier molecular flexibility index (Phi) is 4.07. The molecule has 0 aliphatic heterocycles. The first-order chi connectivity index (χ1) is 9.17. The van der Waals surface area contributed by atoms with Crippen molar-refractivity contribution in [2.75, 3.05) is 10.6 Å². The number of rotatable bonds is 5. The Morgan fingerprint density at radius 2 is 1.89 bits per heavy atom. The van der Waals surface area contributed by atoms with Crippen LogP contribution in [0.15, 0.2) is 42.7 Å². The number of hydrogen-bond acceptors (Lipinski definition) is 2. The van der Waals surface area contributed by atoms with Gasteiger partial charge in [0.1, 0.15) is 0 Å². The number of aryl methyl sites for hydroxylation is 1. The summed E-state index contributed by atoms with van der Waals surface area (Å²) < 4.78 is 2.14. The standard InChI is InChI=1S/C14H18N4O/c1-2-18-8-7-11(10-18)9-16-12-3-5-13(6-4-12)17-14(15)19/h3-8,10,16H,2,9H2,1H3,(H3,15,17,19). The van der Waals surface area contributed by atoms with E-state index in [1.54, 1.807) is 0 Å². The lowest BCUT2D eigenvalue weighted by molar-refractivity contribution is 0.259. The fourth-order valence-corrected chi connectivity index (χ4v) is 1.81. The van der Waals surface area contributed by atoms with Crippen molar-refractivity contribution in [2.45, 2.75) is 20.0 Å². The lowest BCUT2D eigenvalue weighted by Crippen LogP contribution is -2.19. The number of urea groups is 1. The van der Waals surface area contributed by atoms with Crippen LogP contribution in [-0.4, -0.2) is 10.6 Å². The van der Waals surface area contributed by atoms with Crippen molar-refractivity contribution in [2.24, 2.45) is 5.73 Å². The van der Waals surface area contributed by atoms with E-state index < -0.39 is 6.03 Å². The lowest BCUT2D eigenvalue weighted by Gasteiger charge is -2.06. The number of aromatic nitrogens is 1. The molecule has 0 aliphatic rings. The first-order valence-electron chi connectivity index (χ1n) is 6.22. The van der Waals surface area contributed by atoms with Gasteiger partial charge >= 0.3 is 6.03 Å². The molecular weight excluding hydrogens is 240 g/mol. The van der Waals surface area contributed by atoms with Crippen LogP contribution in [0.1, 0.15) is 12.5 Å². The highest BCUT2D eigenvalue weighted by molar-refractivity contribution is 5.87. The van der Waals surface area contributed by atoms with Gasteiger partial charge in [-0.15, -0.1) is 0 Å². The van der Waals surface area contributed by atoms with E-state index >= 15 is 0 Å². The van der Waals surface area contributed by atoms with Crippen LogP contribution in [-0.2, 0) is 13.1 Å². The van der Waals surface area contributed by atoms with E-state index in [2.05, 4.69) is 40.6 Å². The molecule has 2 rings (SSSR count). The highest BCUT2D eigenvalue weighted by atomic mass is 16.2. The average molecular weight is 258 g/mol. The number of anilines is 2. The third-order valence-corrected chi connectivity index (χ3v) is 2.83. The summed E-state index contributed by atoms with van der Waals surface area (Å²) in [7, 11) is 0. The second-order valence-electron chi connectivity index (χ2n) is 4.27. The molecule has 0 spiro atoms. The SMILES string of the molecule is CCn1ccc(CNc2ccc(NC(N)=O)cc2)c1. The monoisotopic (exact) mass is 258 g/mol. The molecule has 0 radical (unpaired) electrons. The second kappa shape index (κ2) is 5.95. The van der Waals surface area contributed by atoms with Gasteiger partial charge in [-0.3, -0.25) is 0 Å². The Morgan fingerprint density at radius 1 is 1.21 bits per heavy atom. The van der Waals surface area contributed by atoms with Gasteiger partial charge in [0.25, 0.3) is 0 Å². The van der Waals surface area contributed by atoms with Gasteiger partial charge in [0.15, 0.2) is 0 Å². The molecule has 1 heterocycles. The lowest BCUT2D eigenvalue weighted by atomic mass is 10.2. The van der Waals surface area contributed by atoms with Crippen molar-refractivity contribution in [3.05, 3.63) is 48.3 Å². The second-order valence-corrected chi connectivity index (χ2v) is 4.27. The molecule has 0 bridgehead atoms. The zero-order valence-corrected chi connectivity index (χ0v) is 10.9. The first-order valence-corrected chi connectivity index (χ1v) is 6.22. The molecular formula is C14H18N4O. The van der Waals surface area contributed by atoms with Crippen LogP contribution < -0.4 is 16.4 Å². The number of hydrogen-bond donors (Lipinski definition) is 3. The van der Waals surface area contributed by atoms with Crippen molar-refractivity contribution in [1.29, 1.82) is 0 Å². The third-order valence-electron chi connectivity index (χ3n) is 2.83. The molecule has 0 aliphatic carbocycles. The average Bonchev–Trinajstić information content (AvgIpc) is 2.85. The molecule has 4 N–H and O–H groups in total. The summed E-state index contributed by atoms with van der Waals surface area (Å²) in [4.78, 5) is 10.7. The van der Waals surface area contributed by atoms with Crippen LogP contribution in [0.2, 0.25) is 0 Å². The predicted octanol–water partition coefficient (Wildman–Crippen LogP) is 2.61. The molecule has 100 valence electrons. The number of carbonyl (C=O) groups excluding carboxylic acids is 1. The molecule has 1 aromatic carbocycles. The Bertz CT molecular complexity index is 545. The van der Waals surface area contributed by atoms with Crippen LogP contribution in [0.5, 0.6) is 0 Å². The quantitative estimate of drug-likeness (QED) is 0.771. The Morgan fingerprint density at radius 3 is 2.47 bits per heavy atom. The largest absolute Gasteiger partial charge is 0.381 e. The summed E-state index contributed by atoms with van der Waals surface area (Å²) in [5.74, 6) is 0. The van der Waals surface area contributed by atoms with E-state index in [0.29, 0.717) is 5.69 Å². The molecule has 1 aromatic heterocycles. The van der Waals surface area contributed by atoms with Gasteiger partial charge in [0, 0.05) is 36.9 Å². The van der Waals surface area contributed by atoms with Gasteiger partial charge in [0.2, 0.25) is 0 Å². The van der Waals surface area contributed by atoms with Crippen molar-refractivity contribution >= 4 is 17.4 Å². The maximum Gasteiger partial charge on any atom is 0.316 e. The number of nitrogens with zero attached hydrogens (tertiary/aromatic N) is 1. The Labute approximate surface area is 112 Å². The summed E-state index contributed by atoms with van der Waals surface area (Å²) in [6.45, 7) is 3.87. The minimum absolute atomic E-state index is 0.554. The van der Waals surface area contributed by atoms with Crippen LogP contribution in [0.4, 0.5) is 16.2 Å². The topological polar surface area (TPSA) is 72.1 Å². The fraction of sp³-hybridized carbons (Fsp3) is 0.214. The number of nitrogens with two attached hydrogens (primary N) is 1. The van der Waals surface area contributed by atoms with Gasteiger partial charge in [-0.1, -0.05) is 0 Å². The van der Waals surface area contributed by atoms with Gasteiger partial charge < -0.3 is 20.9 Å². The van der Waals surface area contributed by atoms with E-state index in [0.717, 1.165) is 18.8 Å². The summed E-state index contributed by atoms with van der Waals surface area (Å²) in [5, 5.41) is 5.85. The van der Waals surface area contributed by atoms with Gasteiger partial charge in [-0.05, 0) is 42.8 Å². The molecule has 5 heteroatoms. The van der Waals surface area contributed by atoms with Crippen LogP contribution in [0, 0.1) is 0 Å². The van der Waals surface area contributed by atoms with Gasteiger partial charge in [0.05, 0.1) is 0 Å². The summed E-state index contributed by atoms with van der Waals surface area (Å²) in [5.41, 5.74) is 7.97. The van der Waals surface area contributed by atoms with E-state index in [4.69, 9.17) is 5.73 Å². The molecule has 0 unspecified atom stereocenters. The van der Waals surface area contributed by atoms with Gasteiger partial charge in [-0.25, -0.2) is 4.79 Å². The molecule has 0 fully saturated rings. The molecule has 2 amide bonds. The highest BCUT2D eigenvalue weighted by Gasteiger charge is 1.98. The maximum absolute atomic E-state index is 10.7. The van der Waals surface area contributed by atoms with E-state index in [-0.39, 0.29) is 0 Å². The normalized spacial score (nSPS) is 10.2. The number of nitrogens with one attached hydrogen (secondary N) is 2. The van der Waals surface area contributed by atoms with Crippen LogP contribution >= 0.6 is 0 Å². The summed E-state index contributed by atoms with van der Waals surface area (Å²) in [6.07, 6.45) is 4.19. The summed E-state index contributed by atoms with van der Waals surface area (Å²) >= 11 is 0. The molecule has 19 heavy (non-hydrogen) atoms. The fourth-order valence-electron chi connectivity index (χ4n) is 1.81. The molecule has 2 aromatic rings. The van der Waals surface area contributed by atoms with Crippen LogP contribution in [0.25, 0.3) is 0 Å². The number of carbonyl (C=O) groups is 1. The zero-order chi connectivity index (χ0) is 13.7. The van der Waals surface area contributed by atoms with Crippen LogP contribution in [0.3, 0.4) is 0 Å². The van der Waals surface area contributed by atoms with Crippen molar-refractivity contribution in [3.8, 4) is 0 Å². The number of benzene rings is 1. The van der Waals surface area contributed by atoms with Gasteiger partial charge in [-0.2, -0.15) is 0 Å². The highest BCUT2D eigenvalue weighted by Crippen LogP contribution is 2.14. The predicted molar refractivity (Wildman–Crippen MR) is 77.1 cm³/mol. The first kappa shape index (κ1) is 13.0. The van der Waals surface area contributed by atoms with E-state index in [9.17, 15) is 4.79 Å². The minimum Gasteiger partial charge on any atom is -0.381 e. The minimum atomic E-state index is -0.554. The van der Waals surface area contributed by atoms with Crippen molar-refractivity contribution < 1.29 is 4.79 Å². The summed E-state index contributed by atoms with van der Waals surface area (Å²) in [6, 6.07) is 8.97. The molecule has 0 saturated heterocycles. The number of amides is 2. The maximum atomic E-state index is 10.7. The Balaban J connectivity index is 1.90. The third kappa shape index (κ3) is 3.77. The zero-order valence-electron chi connectivity index (χ0n) is 10.9. The van der Waals surface area contributed by atoms with Crippen molar-refractivity contribution in [1.82, 2.24) is 4.57 Å².